The first-order valence-corrected chi connectivity index (χ1v) is 7.02. The van der Waals surface area contributed by atoms with Crippen molar-refractivity contribution in [2.75, 3.05) is 46.3 Å². The van der Waals surface area contributed by atoms with Gasteiger partial charge in [0.2, 0.25) is 0 Å². The summed E-state index contributed by atoms with van der Waals surface area (Å²) in [4.78, 5) is 4.18. The molecule has 0 atom stereocenters. The first-order chi connectivity index (χ1) is 10.2. The van der Waals surface area contributed by atoms with E-state index in [1.807, 2.05) is 25.1 Å². The number of guanidine groups is 1. The van der Waals surface area contributed by atoms with Crippen LogP contribution in [-0.4, -0.2) is 47.0 Å². The predicted molar refractivity (Wildman–Crippen MR) is 85.6 cm³/mol. The molecule has 0 aliphatic rings. The van der Waals surface area contributed by atoms with Gasteiger partial charge in [-0.05, 0) is 25.5 Å². The van der Waals surface area contributed by atoms with Gasteiger partial charge in [0.1, 0.15) is 0 Å². The number of aliphatic imine (C=N–C) groups is 1. The molecule has 1 aromatic rings. The highest BCUT2D eigenvalue weighted by Crippen LogP contribution is 2.29. The van der Waals surface area contributed by atoms with Gasteiger partial charge >= 0.3 is 0 Å². The van der Waals surface area contributed by atoms with Crippen molar-refractivity contribution in [3.8, 4) is 11.5 Å². The molecule has 0 saturated heterocycles. The van der Waals surface area contributed by atoms with E-state index in [2.05, 4.69) is 15.6 Å². The second-order valence-corrected chi connectivity index (χ2v) is 4.24. The van der Waals surface area contributed by atoms with Gasteiger partial charge in [-0.2, -0.15) is 0 Å². The highest BCUT2D eigenvalue weighted by molar-refractivity contribution is 5.93. The molecular weight excluding hydrogens is 270 g/mol. The molecule has 0 radical (unpaired) electrons. The molecule has 0 aliphatic heterocycles. The summed E-state index contributed by atoms with van der Waals surface area (Å²) >= 11 is 0. The molecule has 6 heteroatoms. The molecular formula is C15H25N3O3. The molecule has 0 amide bonds. The Morgan fingerprint density at radius 1 is 1.19 bits per heavy atom. The lowest BCUT2D eigenvalue weighted by atomic mass is 10.3. The average molecular weight is 295 g/mol. The topological polar surface area (TPSA) is 64.1 Å². The Balaban J connectivity index is 2.53. The zero-order chi connectivity index (χ0) is 15.5. The number of benzene rings is 1. The second kappa shape index (κ2) is 9.88. The molecule has 0 aromatic heterocycles. The summed E-state index contributed by atoms with van der Waals surface area (Å²) in [6, 6.07) is 5.63. The molecule has 0 aliphatic carbocycles. The van der Waals surface area contributed by atoms with Gasteiger partial charge in [0.15, 0.2) is 17.5 Å². The quantitative estimate of drug-likeness (QED) is 0.437. The molecule has 1 aromatic carbocycles. The van der Waals surface area contributed by atoms with E-state index in [0.29, 0.717) is 17.5 Å². The van der Waals surface area contributed by atoms with E-state index in [1.165, 1.54) is 0 Å². The summed E-state index contributed by atoms with van der Waals surface area (Å²) in [5.74, 6) is 2.08. The lowest BCUT2D eigenvalue weighted by Gasteiger charge is -2.14. The smallest absolute Gasteiger partial charge is 0.195 e. The van der Waals surface area contributed by atoms with Crippen LogP contribution in [0.4, 0.5) is 5.69 Å². The maximum atomic E-state index is 5.29. The number of methoxy groups -OCH3 is 2. The molecule has 118 valence electrons. The molecule has 21 heavy (non-hydrogen) atoms. The van der Waals surface area contributed by atoms with Crippen molar-refractivity contribution in [3.05, 3.63) is 18.2 Å². The summed E-state index contributed by atoms with van der Waals surface area (Å²) in [6.45, 7) is 4.29. The summed E-state index contributed by atoms with van der Waals surface area (Å²) in [5, 5.41) is 6.44. The summed E-state index contributed by atoms with van der Waals surface area (Å²) in [7, 11) is 4.96. The standard InChI is InChI=1S/C15H25N3O3/c1-5-21-10-6-9-17-15(16-2)18-12-7-8-13(19-3)14(11-12)20-4/h7-8,11H,5-6,9-10H2,1-4H3,(H2,16,17,18). The molecule has 1 rings (SSSR count). The monoisotopic (exact) mass is 295 g/mol. The largest absolute Gasteiger partial charge is 0.493 e. The van der Waals surface area contributed by atoms with Crippen LogP contribution in [0.25, 0.3) is 0 Å². The van der Waals surface area contributed by atoms with Crippen molar-refractivity contribution in [2.24, 2.45) is 4.99 Å². The normalized spacial score (nSPS) is 11.1. The Hall–Kier alpha value is -1.95. The van der Waals surface area contributed by atoms with E-state index in [0.717, 1.165) is 31.9 Å². The predicted octanol–water partition coefficient (Wildman–Crippen LogP) is 2.12. The average Bonchev–Trinajstić information content (AvgIpc) is 2.53. The van der Waals surface area contributed by atoms with E-state index in [4.69, 9.17) is 14.2 Å². The maximum absolute atomic E-state index is 5.29. The van der Waals surface area contributed by atoms with Gasteiger partial charge in [0.25, 0.3) is 0 Å². The van der Waals surface area contributed by atoms with Crippen LogP contribution in [0.1, 0.15) is 13.3 Å². The molecule has 0 saturated carbocycles. The number of hydrogen-bond acceptors (Lipinski definition) is 4. The van der Waals surface area contributed by atoms with Gasteiger partial charge in [-0.15, -0.1) is 0 Å². The molecule has 0 spiro atoms. The highest BCUT2D eigenvalue weighted by Gasteiger charge is 2.05. The number of anilines is 1. The molecule has 0 bridgehead atoms. The van der Waals surface area contributed by atoms with Gasteiger partial charge in [0.05, 0.1) is 14.2 Å². The van der Waals surface area contributed by atoms with Crippen LogP contribution in [0.15, 0.2) is 23.2 Å². The fourth-order valence-electron chi connectivity index (χ4n) is 1.76. The minimum atomic E-state index is 0.675. The Kier molecular flexibility index (Phi) is 8.04. The van der Waals surface area contributed by atoms with E-state index >= 15 is 0 Å². The van der Waals surface area contributed by atoms with Crippen LogP contribution in [0, 0.1) is 0 Å². The van der Waals surface area contributed by atoms with Gasteiger partial charge in [-0.1, -0.05) is 0 Å². The van der Waals surface area contributed by atoms with Crippen molar-refractivity contribution in [1.82, 2.24) is 5.32 Å². The number of nitrogens with zero attached hydrogens (tertiary/aromatic N) is 1. The van der Waals surface area contributed by atoms with Crippen LogP contribution in [0.3, 0.4) is 0 Å². The Labute approximate surface area is 126 Å². The number of nitrogens with one attached hydrogen (secondary N) is 2. The molecule has 6 nitrogen and oxygen atoms in total. The number of rotatable bonds is 8. The number of hydrogen-bond donors (Lipinski definition) is 2. The summed E-state index contributed by atoms with van der Waals surface area (Å²) in [6.07, 6.45) is 0.931. The molecule has 0 unspecified atom stereocenters. The lowest BCUT2D eigenvalue weighted by Crippen LogP contribution is -2.31. The zero-order valence-electron chi connectivity index (χ0n) is 13.2. The molecule has 0 fully saturated rings. The lowest BCUT2D eigenvalue weighted by molar-refractivity contribution is 0.146. The summed E-state index contributed by atoms with van der Waals surface area (Å²) in [5.41, 5.74) is 0.880. The van der Waals surface area contributed by atoms with Crippen LogP contribution < -0.4 is 20.1 Å². The number of ether oxygens (including phenoxy) is 3. The van der Waals surface area contributed by atoms with Gasteiger partial charge in [-0.3, -0.25) is 4.99 Å². The zero-order valence-corrected chi connectivity index (χ0v) is 13.2. The third-order valence-corrected chi connectivity index (χ3v) is 2.83. The van der Waals surface area contributed by atoms with E-state index < -0.39 is 0 Å². The Morgan fingerprint density at radius 2 is 1.95 bits per heavy atom. The Morgan fingerprint density at radius 3 is 2.57 bits per heavy atom. The van der Waals surface area contributed by atoms with Crippen LogP contribution in [0.5, 0.6) is 11.5 Å². The third kappa shape index (κ3) is 5.91. The van der Waals surface area contributed by atoms with Gasteiger partial charge in [-0.25, -0.2) is 0 Å². The first kappa shape index (κ1) is 17.1. The van der Waals surface area contributed by atoms with Crippen LogP contribution >= 0.6 is 0 Å². The SMILES string of the molecule is CCOCCCNC(=NC)Nc1ccc(OC)c(OC)c1. The molecule has 2 N–H and O–H groups in total. The fraction of sp³-hybridized carbons (Fsp3) is 0.533. The highest BCUT2D eigenvalue weighted by atomic mass is 16.5. The minimum Gasteiger partial charge on any atom is -0.493 e. The maximum Gasteiger partial charge on any atom is 0.195 e. The van der Waals surface area contributed by atoms with E-state index in [-0.39, 0.29) is 0 Å². The fourth-order valence-corrected chi connectivity index (χ4v) is 1.76. The third-order valence-electron chi connectivity index (χ3n) is 2.83. The van der Waals surface area contributed by atoms with E-state index in [1.54, 1.807) is 21.3 Å². The second-order valence-electron chi connectivity index (χ2n) is 4.24. The first-order valence-electron chi connectivity index (χ1n) is 7.02. The van der Waals surface area contributed by atoms with Gasteiger partial charge in [0, 0.05) is 38.6 Å². The van der Waals surface area contributed by atoms with E-state index in [9.17, 15) is 0 Å². The molecule has 0 heterocycles. The van der Waals surface area contributed by atoms with Crippen molar-refractivity contribution in [3.63, 3.8) is 0 Å². The Bertz CT molecular complexity index is 450. The van der Waals surface area contributed by atoms with Crippen molar-refractivity contribution in [1.29, 1.82) is 0 Å². The summed E-state index contributed by atoms with van der Waals surface area (Å²) < 4.78 is 15.8. The minimum absolute atomic E-state index is 0.675. The van der Waals surface area contributed by atoms with Crippen molar-refractivity contribution in [2.45, 2.75) is 13.3 Å². The van der Waals surface area contributed by atoms with Crippen LogP contribution in [-0.2, 0) is 4.74 Å². The van der Waals surface area contributed by atoms with Crippen molar-refractivity contribution >= 4 is 11.6 Å². The van der Waals surface area contributed by atoms with Crippen molar-refractivity contribution < 1.29 is 14.2 Å². The van der Waals surface area contributed by atoms with Crippen LogP contribution in [0.2, 0.25) is 0 Å². The van der Waals surface area contributed by atoms with Gasteiger partial charge < -0.3 is 24.8 Å².